The molecule has 3 heteroatoms. The number of nitrogens with zero attached hydrogens (tertiary/aromatic N) is 2. The zero-order valence-electron chi connectivity index (χ0n) is 13.5. The van der Waals surface area contributed by atoms with Crippen LogP contribution < -0.4 is 5.32 Å². The average Bonchev–Trinajstić information content (AvgIpc) is 2.40. The van der Waals surface area contributed by atoms with E-state index in [4.69, 9.17) is 0 Å². The maximum atomic E-state index is 3.71. The molecule has 3 unspecified atom stereocenters. The molecule has 1 N–H and O–H groups in total. The lowest BCUT2D eigenvalue weighted by atomic mass is 9.80. The molecule has 3 rings (SSSR count). The van der Waals surface area contributed by atoms with Gasteiger partial charge in [0.1, 0.15) is 0 Å². The van der Waals surface area contributed by atoms with Crippen LogP contribution in [0.1, 0.15) is 51.9 Å². The molecular weight excluding hydrogens is 246 g/mol. The van der Waals surface area contributed by atoms with Gasteiger partial charge < -0.3 is 10.2 Å². The Hall–Kier alpha value is -0.120. The SMILES string of the molecule is CCNC1CC2CCCC(C1)N2CC1CCCN(C)C1. The summed E-state index contributed by atoms with van der Waals surface area (Å²) in [5, 5.41) is 3.71. The molecule has 3 nitrogen and oxygen atoms in total. The molecule has 0 aromatic heterocycles. The van der Waals surface area contributed by atoms with Crippen molar-refractivity contribution < 1.29 is 0 Å². The first-order chi connectivity index (χ1) is 9.76. The number of rotatable bonds is 4. The molecule has 3 heterocycles. The molecule has 2 bridgehead atoms. The van der Waals surface area contributed by atoms with Crippen LogP contribution in [0.4, 0.5) is 0 Å². The topological polar surface area (TPSA) is 18.5 Å². The van der Waals surface area contributed by atoms with Crippen LogP contribution in [0.2, 0.25) is 0 Å². The van der Waals surface area contributed by atoms with Gasteiger partial charge in [-0.1, -0.05) is 13.3 Å². The lowest BCUT2D eigenvalue weighted by molar-refractivity contribution is 0.00359. The monoisotopic (exact) mass is 279 g/mol. The van der Waals surface area contributed by atoms with Crippen molar-refractivity contribution in [2.75, 3.05) is 33.2 Å². The average molecular weight is 279 g/mol. The highest BCUT2D eigenvalue weighted by Gasteiger charge is 2.38. The molecule has 3 aliphatic rings. The van der Waals surface area contributed by atoms with Gasteiger partial charge in [-0.25, -0.2) is 0 Å². The molecule has 3 atom stereocenters. The van der Waals surface area contributed by atoms with Crippen LogP contribution in [0.25, 0.3) is 0 Å². The van der Waals surface area contributed by atoms with Crippen molar-refractivity contribution in [3.63, 3.8) is 0 Å². The Kier molecular flexibility index (Phi) is 5.00. The number of hydrogen-bond donors (Lipinski definition) is 1. The predicted molar refractivity (Wildman–Crippen MR) is 85.1 cm³/mol. The maximum Gasteiger partial charge on any atom is 0.0113 e. The normalized spacial score (nSPS) is 39.9. The van der Waals surface area contributed by atoms with Gasteiger partial charge in [0.15, 0.2) is 0 Å². The van der Waals surface area contributed by atoms with E-state index in [9.17, 15) is 0 Å². The molecule has 0 aromatic carbocycles. The number of hydrogen-bond acceptors (Lipinski definition) is 3. The molecule has 0 amide bonds. The Bertz CT molecular complexity index is 293. The van der Waals surface area contributed by atoms with Gasteiger partial charge in [-0.2, -0.15) is 0 Å². The summed E-state index contributed by atoms with van der Waals surface area (Å²) >= 11 is 0. The standard InChI is InChI=1S/C17H33N3/c1-3-18-15-10-16-7-4-8-17(11-15)20(16)13-14-6-5-9-19(2)12-14/h14-18H,3-13H2,1-2H3. The van der Waals surface area contributed by atoms with Gasteiger partial charge in [-0.05, 0) is 64.6 Å². The van der Waals surface area contributed by atoms with Crippen molar-refractivity contribution in [3.05, 3.63) is 0 Å². The lowest BCUT2D eigenvalue weighted by Crippen LogP contribution is -2.58. The van der Waals surface area contributed by atoms with E-state index in [1.54, 1.807) is 0 Å². The second-order valence-corrected chi connectivity index (χ2v) is 7.43. The van der Waals surface area contributed by atoms with Crippen LogP contribution in [-0.4, -0.2) is 61.2 Å². The summed E-state index contributed by atoms with van der Waals surface area (Å²) in [6, 6.07) is 2.54. The Morgan fingerprint density at radius 2 is 1.80 bits per heavy atom. The van der Waals surface area contributed by atoms with E-state index in [-0.39, 0.29) is 0 Å². The fourth-order valence-corrected chi connectivity index (χ4v) is 4.95. The third-order valence-corrected chi connectivity index (χ3v) is 5.81. The van der Waals surface area contributed by atoms with E-state index in [1.165, 1.54) is 64.6 Å². The summed E-state index contributed by atoms with van der Waals surface area (Å²) in [4.78, 5) is 5.45. The summed E-state index contributed by atoms with van der Waals surface area (Å²) in [5.74, 6) is 0.924. The third kappa shape index (κ3) is 3.37. The Morgan fingerprint density at radius 3 is 2.45 bits per heavy atom. The molecule has 0 spiro atoms. The van der Waals surface area contributed by atoms with Crippen molar-refractivity contribution in [1.82, 2.24) is 15.1 Å². The van der Waals surface area contributed by atoms with Crippen molar-refractivity contribution >= 4 is 0 Å². The van der Waals surface area contributed by atoms with Crippen LogP contribution in [-0.2, 0) is 0 Å². The third-order valence-electron chi connectivity index (χ3n) is 5.81. The maximum absolute atomic E-state index is 3.71. The van der Waals surface area contributed by atoms with Gasteiger partial charge in [-0.15, -0.1) is 0 Å². The second-order valence-electron chi connectivity index (χ2n) is 7.43. The molecule has 0 aromatic rings. The smallest absolute Gasteiger partial charge is 0.0113 e. The van der Waals surface area contributed by atoms with Gasteiger partial charge in [0, 0.05) is 31.2 Å². The predicted octanol–water partition coefficient (Wildman–Crippen LogP) is 2.32. The summed E-state index contributed by atoms with van der Waals surface area (Å²) < 4.78 is 0. The molecular formula is C17H33N3. The quantitative estimate of drug-likeness (QED) is 0.852. The van der Waals surface area contributed by atoms with Crippen LogP contribution >= 0.6 is 0 Å². The molecule has 116 valence electrons. The summed E-state index contributed by atoms with van der Waals surface area (Å²) in [6.45, 7) is 7.40. The van der Waals surface area contributed by atoms with Gasteiger partial charge in [0.05, 0.1) is 0 Å². The van der Waals surface area contributed by atoms with E-state index in [0.29, 0.717) is 0 Å². The van der Waals surface area contributed by atoms with E-state index in [0.717, 1.165) is 30.6 Å². The minimum atomic E-state index is 0.792. The fraction of sp³-hybridized carbons (Fsp3) is 1.00. The van der Waals surface area contributed by atoms with Gasteiger partial charge in [0.2, 0.25) is 0 Å². The van der Waals surface area contributed by atoms with Crippen molar-refractivity contribution in [1.29, 1.82) is 0 Å². The summed E-state index contributed by atoms with van der Waals surface area (Å²) in [6.07, 6.45) is 10.0. The summed E-state index contributed by atoms with van der Waals surface area (Å²) in [5.41, 5.74) is 0. The largest absolute Gasteiger partial charge is 0.314 e. The highest BCUT2D eigenvalue weighted by atomic mass is 15.2. The highest BCUT2D eigenvalue weighted by molar-refractivity contribution is 4.96. The number of fused-ring (bicyclic) bond motifs is 2. The Balaban J connectivity index is 1.58. The van der Waals surface area contributed by atoms with Crippen LogP contribution in [0.3, 0.4) is 0 Å². The zero-order chi connectivity index (χ0) is 13.9. The second kappa shape index (κ2) is 6.76. The van der Waals surface area contributed by atoms with Crippen LogP contribution in [0, 0.1) is 5.92 Å². The molecule has 20 heavy (non-hydrogen) atoms. The molecule has 3 saturated heterocycles. The minimum absolute atomic E-state index is 0.792. The van der Waals surface area contributed by atoms with E-state index in [1.807, 2.05) is 0 Å². The number of nitrogens with one attached hydrogen (secondary N) is 1. The van der Waals surface area contributed by atoms with E-state index in [2.05, 4.69) is 29.1 Å². The number of likely N-dealkylation sites (tertiary alicyclic amines) is 1. The first kappa shape index (κ1) is 14.8. The van der Waals surface area contributed by atoms with Crippen molar-refractivity contribution in [2.45, 2.75) is 70.0 Å². The van der Waals surface area contributed by atoms with Gasteiger partial charge >= 0.3 is 0 Å². The van der Waals surface area contributed by atoms with Crippen molar-refractivity contribution in [3.8, 4) is 0 Å². The first-order valence-corrected chi connectivity index (χ1v) is 8.94. The molecule has 3 fully saturated rings. The molecule has 0 radical (unpaired) electrons. The van der Waals surface area contributed by atoms with E-state index >= 15 is 0 Å². The lowest BCUT2D eigenvalue weighted by Gasteiger charge is -2.50. The number of piperidine rings is 3. The highest BCUT2D eigenvalue weighted by Crippen LogP contribution is 2.35. The van der Waals surface area contributed by atoms with Gasteiger partial charge in [-0.3, -0.25) is 4.90 Å². The minimum Gasteiger partial charge on any atom is -0.314 e. The Morgan fingerprint density at radius 1 is 1.05 bits per heavy atom. The summed E-state index contributed by atoms with van der Waals surface area (Å²) in [7, 11) is 2.30. The first-order valence-electron chi connectivity index (χ1n) is 8.94. The van der Waals surface area contributed by atoms with Crippen molar-refractivity contribution in [2.24, 2.45) is 5.92 Å². The Labute approximate surface area is 125 Å². The molecule has 3 aliphatic heterocycles. The van der Waals surface area contributed by atoms with Crippen LogP contribution in [0.15, 0.2) is 0 Å². The van der Waals surface area contributed by atoms with Crippen LogP contribution in [0.5, 0.6) is 0 Å². The van der Waals surface area contributed by atoms with Gasteiger partial charge in [0.25, 0.3) is 0 Å². The fourth-order valence-electron chi connectivity index (χ4n) is 4.95. The molecule has 0 aliphatic carbocycles. The zero-order valence-corrected chi connectivity index (χ0v) is 13.5. The molecule has 0 saturated carbocycles. The van der Waals surface area contributed by atoms with E-state index < -0.39 is 0 Å².